The van der Waals surface area contributed by atoms with Gasteiger partial charge >= 0.3 is 5.97 Å². The first kappa shape index (κ1) is 20.1. The zero-order chi connectivity index (χ0) is 20.5. The minimum absolute atomic E-state index is 0.270. The maximum absolute atomic E-state index is 13.8. The van der Waals surface area contributed by atoms with Crippen LogP contribution >= 0.6 is 0 Å². The van der Waals surface area contributed by atoms with E-state index in [1.807, 2.05) is 19.9 Å². The van der Waals surface area contributed by atoms with Gasteiger partial charge in [0, 0.05) is 23.4 Å². The minimum atomic E-state index is -1.06. The van der Waals surface area contributed by atoms with Gasteiger partial charge < -0.3 is 19.9 Å². The quantitative estimate of drug-likeness (QED) is 0.702. The van der Waals surface area contributed by atoms with E-state index in [9.17, 15) is 14.3 Å². The summed E-state index contributed by atoms with van der Waals surface area (Å²) in [6.07, 6.45) is 0.388. The summed E-state index contributed by atoms with van der Waals surface area (Å²) in [7, 11) is 1.55. The molecule has 0 aliphatic carbocycles. The topological polar surface area (TPSA) is 67.8 Å². The summed E-state index contributed by atoms with van der Waals surface area (Å²) in [6, 6.07) is 9.80. The molecule has 0 saturated carbocycles. The van der Waals surface area contributed by atoms with Crippen molar-refractivity contribution in [2.45, 2.75) is 44.8 Å². The number of carbonyl (C=O) groups excluding carboxylic acids is 1. The molecule has 3 rings (SSSR count). The van der Waals surface area contributed by atoms with E-state index < -0.39 is 11.0 Å². The highest BCUT2D eigenvalue weighted by atomic mass is 19.1. The number of fused-ring (bicyclic) bond motifs is 1. The van der Waals surface area contributed by atoms with E-state index in [0.717, 1.165) is 11.3 Å². The molecule has 0 fully saturated rings. The highest BCUT2D eigenvalue weighted by Crippen LogP contribution is 2.38. The number of esters is 1. The van der Waals surface area contributed by atoms with Crippen LogP contribution < -0.4 is 10.1 Å². The molecule has 0 radical (unpaired) electrons. The molecule has 0 amide bonds. The van der Waals surface area contributed by atoms with Gasteiger partial charge in [0.15, 0.2) is 0 Å². The number of hydrogen-bond donors (Lipinski definition) is 2. The average Bonchev–Trinajstić information content (AvgIpc) is 3.00. The highest BCUT2D eigenvalue weighted by molar-refractivity contribution is 5.93. The fourth-order valence-electron chi connectivity index (χ4n) is 3.85. The Morgan fingerprint density at radius 1 is 1.21 bits per heavy atom. The molecule has 0 bridgehead atoms. The van der Waals surface area contributed by atoms with Gasteiger partial charge in [-0.2, -0.15) is 0 Å². The summed E-state index contributed by atoms with van der Waals surface area (Å²) in [5.74, 6) is -0.0469. The number of anilines is 1. The molecule has 1 aliphatic heterocycles. The van der Waals surface area contributed by atoms with Gasteiger partial charge in [0.2, 0.25) is 0 Å². The molecule has 0 saturated heterocycles. The average molecular weight is 387 g/mol. The van der Waals surface area contributed by atoms with E-state index in [2.05, 4.69) is 5.32 Å². The summed E-state index contributed by atoms with van der Waals surface area (Å²) in [5, 5.41) is 14.2. The number of rotatable bonds is 7. The molecule has 28 heavy (non-hydrogen) atoms. The minimum Gasteiger partial charge on any atom is -0.496 e. The van der Waals surface area contributed by atoms with Crippen molar-refractivity contribution in [3.05, 3.63) is 58.9 Å². The smallest absolute Gasteiger partial charge is 0.338 e. The molecule has 0 aromatic heterocycles. The van der Waals surface area contributed by atoms with Gasteiger partial charge in [-0.25, -0.2) is 9.18 Å². The summed E-state index contributed by atoms with van der Waals surface area (Å²) in [6.45, 7) is 6.22. The van der Waals surface area contributed by atoms with Crippen LogP contribution in [0.1, 0.15) is 48.7 Å². The van der Waals surface area contributed by atoms with Gasteiger partial charge in [-0.15, -0.1) is 0 Å². The second kappa shape index (κ2) is 7.43. The third-order valence-electron chi connectivity index (χ3n) is 5.07. The van der Waals surface area contributed by atoms with Crippen LogP contribution in [0, 0.1) is 5.82 Å². The maximum Gasteiger partial charge on any atom is 0.338 e. The van der Waals surface area contributed by atoms with Crippen LogP contribution in [0.25, 0.3) is 0 Å². The van der Waals surface area contributed by atoms with Crippen molar-refractivity contribution in [1.82, 2.24) is 0 Å². The zero-order valence-electron chi connectivity index (χ0n) is 16.6. The summed E-state index contributed by atoms with van der Waals surface area (Å²) in [4.78, 5) is 11.5. The second-order valence-electron chi connectivity index (χ2n) is 8.20. The first-order valence-electron chi connectivity index (χ1n) is 9.22. The Hall–Kier alpha value is -2.60. The number of benzene rings is 2. The molecule has 2 aromatic carbocycles. The summed E-state index contributed by atoms with van der Waals surface area (Å²) in [5.41, 5.74) is 1.35. The largest absolute Gasteiger partial charge is 0.496 e. The number of methoxy groups -OCH3 is 1. The Labute approximate surface area is 164 Å². The van der Waals surface area contributed by atoms with Crippen LogP contribution in [0.2, 0.25) is 0 Å². The summed E-state index contributed by atoms with van der Waals surface area (Å²) >= 11 is 0. The molecule has 0 spiro atoms. The number of ether oxygens (including phenoxy) is 2. The van der Waals surface area contributed by atoms with Gasteiger partial charge in [0.05, 0.1) is 18.3 Å². The number of hydrogen-bond acceptors (Lipinski definition) is 5. The lowest BCUT2D eigenvalue weighted by Crippen LogP contribution is -2.40. The van der Waals surface area contributed by atoms with E-state index in [4.69, 9.17) is 9.47 Å². The number of aliphatic hydroxyl groups is 1. The maximum atomic E-state index is 13.8. The number of nitrogens with one attached hydrogen (secondary N) is 1. The van der Waals surface area contributed by atoms with Crippen molar-refractivity contribution in [3.8, 4) is 5.75 Å². The number of carbonyl (C=O) groups is 1. The second-order valence-corrected chi connectivity index (χ2v) is 8.20. The molecular weight excluding hydrogens is 361 g/mol. The summed E-state index contributed by atoms with van der Waals surface area (Å²) < 4.78 is 24.2. The van der Waals surface area contributed by atoms with E-state index in [-0.39, 0.29) is 18.4 Å². The Bertz CT molecular complexity index is 892. The molecule has 5 nitrogen and oxygen atoms in total. The highest BCUT2D eigenvalue weighted by Gasteiger charge is 2.34. The molecule has 2 N–H and O–H groups in total. The van der Waals surface area contributed by atoms with E-state index in [1.165, 1.54) is 12.1 Å². The van der Waals surface area contributed by atoms with E-state index in [0.29, 0.717) is 29.8 Å². The molecule has 1 heterocycles. The van der Waals surface area contributed by atoms with Crippen LogP contribution in [-0.4, -0.2) is 30.3 Å². The fourth-order valence-corrected chi connectivity index (χ4v) is 3.85. The van der Waals surface area contributed by atoms with Crippen LogP contribution in [-0.2, 0) is 16.8 Å². The van der Waals surface area contributed by atoms with E-state index in [1.54, 1.807) is 32.2 Å². The van der Waals surface area contributed by atoms with Crippen molar-refractivity contribution >= 4 is 11.7 Å². The molecule has 1 atom stereocenters. The predicted octanol–water partition coefficient (Wildman–Crippen LogP) is 4.04. The predicted molar refractivity (Wildman–Crippen MR) is 105 cm³/mol. The first-order chi connectivity index (χ1) is 13.1. The molecule has 1 unspecified atom stereocenters. The lowest BCUT2D eigenvalue weighted by Gasteiger charge is -2.35. The van der Waals surface area contributed by atoms with Crippen LogP contribution in [0.5, 0.6) is 5.75 Å². The molecule has 150 valence electrons. The van der Waals surface area contributed by atoms with Gasteiger partial charge in [-0.1, -0.05) is 13.8 Å². The van der Waals surface area contributed by atoms with Crippen molar-refractivity contribution in [2.75, 3.05) is 19.0 Å². The van der Waals surface area contributed by atoms with Crippen molar-refractivity contribution in [3.63, 3.8) is 0 Å². The molecule has 1 aliphatic rings. The lowest BCUT2D eigenvalue weighted by atomic mass is 9.75. The van der Waals surface area contributed by atoms with Crippen LogP contribution in [0.3, 0.4) is 0 Å². The third-order valence-corrected chi connectivity index (χ3v) is 5.07. The van der Waals surface area contributed by atoms with Crippen molar-refractivity contribution < 1.29 is 23.8 Å². The molecule has 6 heteroatoms. The fraction of sp³-hybridized carbons (Fsp3) is 0.409. The lowest BCUT2D eigenvalue weighted by molar-refractivity contribution is 0.0435. The molecule has 2 aromatic rings. The van der Waals surface area contributed by atoms with Gasteiger partial charge in [0.1, 0.15) is 18.2 Å². The number of cyclic esters (lactones) is 1. The third kappa shape index (κ3) is 4.28. The normalized spacial score (nSPS) is 15.6. The Morgan fingerprint density at radius 3 is 2.68 bits per heavy atom. The molecular formula is C22H26FNO4. The Balaban J connectivity index is 1.71. The zero-order valence-corrected chi connectivity index (χ0v) is 16.6. The first-order valence-corrected chi connectivity index (χ1v) is 9.22. The van der Waals surface area contributed by atoms with Crippen molar-refractivity contribution in [1.29, 1.82) is 0 Å². The Morgan fingerprint density at radius 2 is 1.96 bits per heavy atom. The van der Waals surface area contributed by atoms with Crippen LogP contribution in [0.15, 0.2) is 36.4 Å². The van der Waals surface area contributed by atoms with Crippen molar-refractivity contribution in [2.24, 2.45) is 0 Å². The monoisotopic (exact) mass is 387 g/mol. The standard InChI is InChI=1S/C22H26FNO4/c1-21(2,18-10-15(23)5-8-19(18)27-4)12-22(3,26)13-24-16-6-7-17-14(9-16)11-28-20(17)25/h5-10,24,26H,11-13H2,1-4H3. The van der Waals surface area contributed by atoms with E-state index >= 15 is 0 Å². The van der Waals surface area contributed by atoms with Gasteiger partial charge in [0.25, 0.3) is 0 Å². The van der Waals surface area contributed by atoms with Gasteiger partial charge in [-0.05, 0) is 55.2 Å². The number of halogens is 1. The van der Waals surface area contributed by atoms with Gasteiger partial charge in [-0.3, -0.25) is 0 Å². The Kier molecular flexibility index (Phi) is 5.35. The SMILES string of the molecule is COc1ccc(F)cc1C(C)(C)CC(C)(O)CNc1ccc2c(c1)COC2=O. The van der Waals surface area contributed by atoms with Crippen LogP contribution in [0.4, 0.5) is 10.1 Å².